The molecular formula is C20H22N2O4. The molecule has 2 aromatic rings. The molecule has 0 saturated heterocycles. The van der Waals surface area contributed by atoms with Crippen molar-refractivity contribution in [3.8, 4) is 11.5 Å². The van der Waals surface area contributed by atoms with E-state index in [2.05, 4.69) is 11.9 Å². The van der Waals surface area contributed by atoms with Crippen LogP contribution in [0.5, 0.6) is 11.5 Å². The monoisotopic (exact) mass is 354 g/mol. The number of carbonyl (C=O) groups excluding carboxylic acids is 2. The van der Waals surface area contributed by atoms with Gasteiger partial charge >= 0.3 is 0 Å². The van der Waals surface area contributed by atoms with Crippen molar-refractivity contribution in [2.45, 2.75) is 12.5 Å². The first kappa shape index (κ1) is 19.1. The van der Waals surface area contributed by atoms with Gasteiger partial charge in [0.05, 0.1) is 14.2 Å². The highest BCUT2D eigenvalue weighted by molar-refractivity contribution is 5.98. The van der Waals surface area contributed by atoms with Gasteiger partial charge < -0.3 is 20.5 Å². The Morgan fingerprint density at radius 2 is 1.88 bits per heavy atom. The van der Waals surface area contributed by atoms with Crippen LogP contribution >= 0.6 is 0 Å². The maximum Gasteiger partial charge on any atom is 0.252 e. The molecule has 0 fully saturated rings. The fourth-order valence-corrected chi connectivity index (χ4v) is 2.66. The zero-order chi connectivity index (χ0) is 19.1. The van der Waals surface area contributed by atoms with Crippen LogP contribution in [0.1, 0.15) is 27.5 Å². The highest BCUT2D eigenvalue weighted by Crippen LogP contribution is 2.33. The van der Waals surface area contributed by atoms with Crippen molar-refractivity contribution >= 4 is 11.8 Å². The third kappa shape index (κ3) is 4.22. The molecule has 0 heterocycles. The lowest BCUT2D eigenvalue weighted by atomic mass is 10.0. The number of primary amides is 1. The number of hydrogen-bond donors (Lipinski definition) is 2. The molecule has 2 amide bonds. The van der Waals surface area contributed by atoms with E-state index in [0.717, 1.165) is 5.56 Å². The van der Waals surface area contributed by atoms with Crippen molar-refractivity contribution in [2.24, 2.45) is 5.73 Å². The summed E-state index contributed by atoms with van der Waals surface area (Å²) < 4.78 is 10.7. The van der Waals surface area contributed by atoms with Crippen LogP contribution in [0.25, 0.3) is 0 Å². The van der Waals surface area contributed by atoms with Gasteiger partial charge in [0.1, 0.15) is 6.04 Å². The number of ether oxygens (including phenoxy) is 2. The average molecular weight is 354 g/mol. The standard InChI is InChI=1S/C20H22N2O4/c1-4-8-14-11-15(12-16(25-2)18(14)26-3)20(24)22-17(19(21)23)13-9-6-5-7-10-13/h4-7,9-12,17H,1,8H2,2-3H3,(H2,21,23)(H,22,24)/t17-/m0/s1. The molecule has 1 atom stereocenters. The number of amides is 2. The minimum atomic E-state index is -0.931. The Labute approximate surface area is 152 Å². The van der Waals surface area contributed by atoms with Crippen molar-refractivity contribution < 1.29 is 19.1 Å². The Bertz CT molecular complexity index is 803. The van der Waals surface area contributed by atoms with Gasteiger partial charge in [-0.3, -0.25) is 9.59 Å². The quantitative estimate of drug-likeness (QED) is 0.712. The molecule has 0 unspecified atom stereocenters. The number of rotatable bonds is 8. The molecule has 26 heavy (non-hydrogen) atoms. The Kier molecular flexibility index (Phi) is 6.38. The largest absolute Gasteiger partial charge is 0.493 e. The van der Waals surface area contributed by atoms with E-state index in [9.17, 15) is 9.59 Å². The summed E-state index contributed by atoms with van der Waals surface area (Å²) in [5, 5.41) is 2.67. The Morgan fingerprint density at radius 3 is 2.42 bits per heavy atom. The van der Waals surface area contributed by atoms with Crippen LogP contribution in [-0.4, -0.2) is 26.0 Å². The molecule has 6 nitrogen and oxygen atoms in total. The lowest BCUT2D eigenvalue weighted by molar-refractivity contribution is -0.120. The van der Waals surface area contributed by atoms with Gasteiger partial charge in [0.25, 0.3) is 5.91 Å². The molecule has 0 bridgehead atoms. The average Bonchev–Trinajstić information content (AvgIpc) is 2.65. The number of allylic oxidation sites excluding steroid dienone is 1. The van der Waals surface area contributed by atoms with Crippen LogP contribution in [0.2, 0.25) is 0 Å². The Morgan fingerprint density at radius 1 is 1.19 bits per heavy atom. The van der Waals surface area contributed by atoms with Crippen molar-refractivity contribution in [1.82, 2.24) is 5.32 Å². The first-order chi connectivity index (χ1) is 12.5. The summed E-state index contributed by atoms with van der Waals surface area (Å²) >= 11 is 0. The van der Waals surface area contributed by atoms with Crippen molar-refractivity contribution in [1.29, 1.82) is 0 Å². The molecule has 0 saturated carbocycles. The fraction of sp³-hybridized carbons (Fsp3) is 0.200. The van der Waals surface area contributed by atoms with Crippen LogP contribution in [0.15, 0.2) is 55.1 Å². The van der Waals surface area contributed by atoms with Gasteiger partial charge in [0.2, 0.25) is 5.91 Å². The summed E-state index contributed by atoms with van der Waals surface area (Å²) in [4.78, 5) is 24.5. The summed E-state index contributed by atoms with van der Waals surface area (Å²) in [5.74, 6) is -0.119. The number of nitrogens with two attached hydrogens (primary N) is 1. The van der Waals surface area contributed by atoms with Crippen LogP contribution in [0.4, 0.5) is 0 Å². The summed E-state index contributed by atoms with van der Waals surface area (Å²) in [6.45, 7) is 3.71. The van der Waals surface area contributed by atoms with E-state index in [-0.39, 0.29) is 0 Å². The lowest BCUT2D eigenvalue weighted by Crippen LogP contribution is -2.37. The van der Waals surface area contributed by atoms with Gasteiger partial charge in [-0.05, 0) is 24.1 Å². The highest BCUT2D eigenvalue weighted by atomic mass is 16.5. The smallest absolute Gasteiger partial charge is 0.252 e. The topological polar surface area (TPSA) is 90.7 Å². The maximum atomic E-state index is 12.7. The van der Waals surface area contributed by atoms with Gasteiger partial charge in [-0.15, -0.1) is 6.58 Å². The van der Waals surface area contributed by atoms with Gasteiger partial charge in [-0.25, -0.2) is 0 Å². The third-order valence-corrected chi connectivity index (χ3v) is 3.88. The van der Waals surface area contributed by atoms with Gasteiger partial charge in [0.15, 0.2) is 11.5 Å². The first-order valence-corrected chi connectivity index (χ1v) is 8.02. The number of nitrogens with one attached hydrogen (secondary N) is 1. The first-order valence-electron chi connectivity index (χ1n) is 8.02. The molecule has 0 spiro atoms. The SMILES string of the molecule is C=CCc1cc(C(=O)N[C@H](C(N)=O)c2ccccc2)cc(OC)c1OC. The summed E-state index contributed by atoms with van der Waals surface area (Å²) in [6, 6.07) is 11.1. The van der Waals surface area contributed by atoms with E-state index < -0.39 is 17.9 Å². The molecule has 3 N–H and O–H groups in total. The van der Waals surface area contributed by atoms with Gasteiger partial charge in [-0.1, -0.05) is 36.4 Å². The van der Waals surface area contributed by atoms with Crippen molar-refractivity contribution in [3.63, 3.8) is 0 Å². The number of methoxy groups -OCH3 is 2. The summed E-state index contributed by atoms with van der Waals surface area (Å²) in [6.07, 6.45) is 2.20. The Hall–Kier alpha value is -3.28. The van der Waals surface area contributed by atoms with E-state index in [1.807, 2.05) is 6.07 Å². The van der Waals surface area contributed by atoms with E-state index in [4.69, 9.17) is 15.2 Å². The predicted octanol–water partition coefficient (Wildman–Crippen LogP) is 2.39. The minimum Gasteiger partial charge on any atom is -0.493 e. The molecule has 0 aliphatic carbocycles. The predicted molar refractivity (Wildman–Crippen MR) is 99.3 cm³/mol. The lowest BCUT2D eigenvalue weighted by Gasteiger charge is -2.18. The normalized spacial score (nSPS) is 11.3. The molecule has 6 heteroatoms. The van der Waals surface area contributed by atoms with Crippen LogP contribution in [0.3, 0.4) is 0 Å². The molecule has 2 rings (SSSR count). The second kappa shape index (κ2) is 8.71. The zero-order valence-corrected chi connectivity index (χ0v) is 14.8. The van der Waals surface area contributed by atoms with E-state index >= 15 is 0 Å². The number of hydrogen-bond acceptors (Lipinski definition) is 4. The zero-order valence-electron chi connectivity index (χ0n) is 14.8. The number of carbonyl (C=O) groups is 2. The second-order valence-corrected chi connectivity index (χ2v) is 5.58. The molecule has 0 aliphatic heterocycles. The molecule has 0 aromatic heterocycles. The summed E-state index contributed by atoms with van der Waals surface area (Å²) in [7, 11) is 3.02. The van der Waals surface area contributed by atoms with Gasteiger partial charge in [0, 0.05) is 11.1 Å². The second-order valence-electron chi connectivity index (χ2n) is 5.58. The molecule has 136 valence electrons. The third-order valence-electron chi connectivity index (χ3n) is 3.88. The van der Waals surface area contributed by atoms with Crippen LogP contribution < -0.4 is 20.5 Å². The van der Waals surface area contributed by atoms with Crippen molar-refractivity contribution in [2.75, 3.05) is 14.2 Å². The highest BCUT2D eigenvalue weighted by Gasteiger charge is 2.22. The number of benzene rings is 2. The molecular weight excluding hydrogens is 332 g/mol. The van der Waals surface area contributed by atoms with Crippen LogP contribution in [0, 0.1) is 0 Å². The summed E-state index contributed by atoms with van der Waals surface area (Å²) in [5.41, 5.74) is 7.16. The van der Waals surface area contributed by atoms with Crippen LogP contribution in [-0.2, 0) is 11.2 Å². The van der Waals surface area contributed by atoms with E-state index in [1.54, 1.807) is 42.5 Å². The van der Waals surface area contributed by atoms with Gasteiger partial charge in [-0.2, -0.15) is 0 Å². The molecule has 2 aromatic carbocycles. The fourth-order valence-electron chi connectivity index (χ4n) is 2.66. The van der Waals surface area contributed by atoms with E-state index in [1.165, 1.54) is 14.2 Å². The minimum absolute atomic E-state index is 0.335. The Balaban J connectivity index is 2.37. The molecule has 0 aliphatic rings. The maximum absolute atomic E-state index is 12.7. The van der Waals surface area contributed by atoms with Crippen molar-refractivity contribution in [3.05, 3.63) is 71.8 Å². The van der Waals surface area contributed by atoms with E-state index in [0.29, 0.717) is 29.0 Å². The molecule has 0 radical (unpaired) electrons.